The van der Waals surface area contributed by atoms with Crippen molar-refractivity contribution in [3.05, 3.63) is 36.2 Å². The Bertz CT molecular complexity index is 1040. The van der Waals surface area contributed by atoms with E-state index in [0.29, 0.717) is 12.8 Å². The third-order valence-electron chi connectivity index (χ3n) is 4.41. The third-order valence-corrected chi connectivity index (χ3v) is 7.33. The van der Waals surface area contributed by atoms with Gasteiger partial charge in [-0.1, -0.05) is 23.3 Å². The second-order valence-corrected chi connectivity index (χ2v) is 10.5. The summed E-state index contributed by atoms with van der Waals surface area (Å²) in [5.74, 6) is -1.37. The smallest absolute Gasteiger partial charge is 0.322 e. The predicted molar refractivity (Wildman–Crippen MR) is 99.4 cm³/mol. The highest BCUT2D eigenvalue weighted by Crippen LogP contribution is 2.21. The molecule has 12 heteroatoms. The molecule has 0 atom stereocenters. The lowest BCUT2D eigenvalue weighted by atomic mass is 9.97. The van der Waals surface area contributed by atoms with Gasteiger partial charge in [0.1, 0.15) is 5.75 Å². The topological polar surface area (TPSA) is 140 Å². The van der Waals surface area contributed by atoms with Crippen LogP contribution in [0.4, 0.5) is 6.01 Å². The van der Waals surface area contributed by atoms with Crippen LogP contribution in [-0.4, -0.2) is 56.6 Å². The Morgan fingerprint density at radius 1 is 1.14 bits per heavy atom. The van der Waals surface area contributed by atoms with Gasteiger partial charge in [0.25, 0.3) is 0 Å². The maximum absolute atomic E-state index is 12.3. The van der Waals surface area contributed by atoms with Crippen molar-refractivity contribution in [2.75, 3.05) is 24.7 Å². The van der Waals surface area contributed by atoms with Gasteiger partial charge in [-0.2, -0.15) is 0 Å². The number of hydrogen-bond acceptors (Lipinski definition) is 8. The number of sulfone groups is 1. The molecule has 1 aromatic carbocycles. The summed E-state index contributed by atoms with van der Waals surface area (Å²) in [5, 5.41) is 9.80. The molecule has 1 fully saturated rings. The monoisotopic (exact) mass is 428 g/mol. The fourth-order valence-electron chi connectivity index (χ4n) is 2.89. The second-order valence-electron chi connectivity index (χ2n) is 6.50. The summed E-state index contributed by atoms with van der Waals surface area (Å²) < 4.78 is 54.2. The zero-order valence-corrected chi connectivity index (χ0v) is 16.7. The van der Waals surface area contributed by atoms with Crippen LogP contribution in [0.25, 0.3) is 0 Å². The quantitative estimate of drug-likeness (QED) is 0.707. The second kappa shape index (κ2) is 7.97. The number of hydrogen-bond donors (Lipinski definition) is 1. The molecule has 152 valence electrons. The average Bonchev–Trinajstić information content (AvgIpc) is 3.08. The van der Waals surface area contributed by atoms with E-state index in [1.54, 1.807) is 18.2 Å². The van der Waals surface area contributed by atoms with Crippen LogP contribution < -0.4 is 5.32 Å². The summed E-state index contributed by atoms with van der Waals surface area (Å²) in [6, 6.07) is 7.69. The first-order valence-electron chi connectivity index (χ1n) is 8.51. The number of anilines is 1. The van der Waals surface area contributed by atoms with E-state index >= 15 is 0 Å². The third kappa shape index (κ3) is 4.94. The van der Waals surface area contributed by atoms with Gasteiger partial charge in [0, 0.05) is 19.0 Å². The Labute approximate surface area is 162 Å². The predicted octanol–water partition coefficient (Wildman–Crippen LogP) is 0.654. The molecular formula is C16H20N4O6S2. The van der Waals surface area contributed by atoms with Crippen LogP contribution in [0.15, 0.2) is 39.6 Å². The molecule has 1 amide bonds. The van der Waals surface area contributed by atoms with Crippen molar-refractivity contribution < 1.29 is 26.0 Å². The molecular weight excluding hydrogens is 408 g/mol. The summed E-state index contributed by atoms with van der Waals surface area (Å²) in [6.07, 6.45) is 1.89. The lowest BCUT2D eigenvalue weighted by Crippen LogP contribution is -2.40. The summed E-state index contributed by atoms with van der Waals surface area (Å²) in [5.41, 5.74) is 0. The highest BCUT2D eigenvalue weighted by atomic mass is 32.2. The Morgan fingerprint density at radius 2 is 1.79 bits per heavy atom. The number of benzene rings is 1. The molecule has 1 N–H and O–H groups in total. The fourth-order valence-corrected chi connectivity index (χ4v) is 4.95. The van der Waals surface area contributed by atoms with E-state index < -0.39 is 25.6 Å². The summed E-state index contributed by atoms with van der Waals surface area (Å²) in [6.45, 7) is 0.530. The molecule has 1 aromatic heterocycles. The molecule has 0 spiro atoms. The van der Waals surface area contributed by atoms with Crippen molar-refractivity contribution >= 4 is 31.8 Å². The molecule has 0 unspecified atom stereocenters. The van der Waals surface area contributed by atoms with Gasteiger partial charge in [-0.15, -0.1) is 5.10 Å². The minimum atomic E-state index is -3.64. The minimum absolute atomic E-state index is 0.133. The summed E-state index contributed by atoms with van der Waals surface area (Å²) in [4.78, 5) is 12.5. The molecule has 0 radical (unpaired) electrons. The molecule has 28 heavy (non-hydrogen) atoms. The van der Waals surface area contributed by atoms with E-state index in [4.69, 9.17) is 4.42 Å². The van der Waals surface area contributed by atoms with Crippen LogP contribution >= 0.6 is 0 Å². The van der Waals surface area contributed by atoms with E-state index in [1.165, 1.54) is 16.4 Å². The Kier molecular flexibility index (Phi) is 5.82. The molecule has 10 nitrogen and oxygen atoms in total. The van der Waals surface area contributed by atoms with Crippen LogP contribution in [-0.2, 0) is 30.4 Å². The Morgan fingerprint density at radius 3 is 2.39 bits per heavy atom. The molecule has 2 aromatic rings. The normalized spacial score (nSPS) is 16.8. The lowest BCUT2D eigenvalue weighted by molar-refractivity contribution is -0.121. The number of amides is 1. The highest BCUT2D eigenvalue weighted by Gasteiger charge is 2.30. The van der Waals surface area contributed by atoms with Crippen molar-refractivity contribution in [1.29, 1.82) is 0 Å². The summed E-state index contributed by atoms with van der Waals surface area (Å²) in [7, 11) is -6.91. The number of nitrogens with zero attached hydrogens (tertiary/aromatic N) is 3. The van der Waals surface area contributed by atoms with Crippen molar-refractivity contribution in [3.63, 3.8) is 0 Å². The molecule has 0 saturated carbocycles. The van der Waals surface area contributed by atoms with Crippen molar-refractivity contribution in [3.8, 4) is 0 Å². The van der Waals surface area contributed by atoms with Gasteiger partial charge in [0.05, 0.1) is 11.2 Å². The first-order chi connectivity index (χ1) is 13.1. The largest absolute Gasteiger partial charge is 0.407 e. The van der Waals surface area contributed by atoms with Gasteiger partial charge in [0.2, 0.25) is 21.8 Å². The fraction of sp³-hybridized carbons (Fsp3) is 0.438. The SMILES string of the molecule is CS(=O)(=O)N1CCC(C(=O)Nc2nnc(CS(=O)(=O)c3ccccc3)o2)CC1. The number of aromatic nitrogens is 2. The van der Waals surface area contributed by atoms with Crippen LogP contribution in [0.2, 0.25) is 0 Å². The Balaban J connectivity index is 1.58. The number of carbonyl (C=O) groups excluding carboxylic acids is 1. The van der Waals surface area contributed by atoms with Crippen LogP contribution in [0, 0.1) is 5.92 Å². The van der Waals surface area contributed by atoms with Gasteiger partial charge in [-0.3, -0.25) is 10.1 Å². The Hall–Kier alpha value is -2.31. The number of carbonyl (C=O) groups is 1. The van der Waals surface area contributed by atoms with Gasteiger partial charge in [-0.05, 0) is 25.0 Å². The lowest BCUT2D eigenvalue weighted by Gasteiger charge is -2.29. The first kappa shape index (κ1) is 20.4. The standard InChI is InChI=1S/C16H20N4O6S2/c1-27(22,23)20-9-7-12(8-10-20)15(21)17-16-19-18-14(26-16)11-28(24,25)13-5-3-2-4-6-13/h2-6,12H,7-11H2,1H3,(H,17,19,21). The molecule has 1 aliphatic heterocycles. The maximum Gasteiger partial charge on any atom is 0.322 e. The molecule has 1 aliphatic rings. The van der Waals surface area contributed by atoms with E-state index in [0.717, 1.165) is 6.26 Å². The van der Waals surface area contributed by atoms with Crippen LogP contribution in [0.5, 0.6) is 0 Å². The number of rotatable bonds is 6. The molecule has 0 bridgehead atoms. The molecule has 0 aliphatic carbocycles. The van der Waals surface area contributed by atoms with E-state index in [2.05, 4.69) is 15.5 Å². The minimum Gasteiger partial charge on any atom is -0.407 e. The maximum atomic E-state index is 12.3. The van der Waals surface area contributed by atoms with E-state index in [1.807, 2.05) is 0 Å². The zero-order valence-electron chi connectivity index (χ0n) is 15.1. The van der Waals surface area contributed by atoms with Gasteiger partial charge >= 0.3 is 6.01 Å². The highest BCUT2D eigenvalue weighted by molar-refractivity contribution is 7.90. The zero-order chi connectivity index (χ0) is 20.4. The number of piperidine rings is 1. The van der Waals surface area contributed by atoms with E-state index in [9.17, 15) is 21.6 Å². The van der Waals surface area contributed by atoms with Crippen molar-refractivity contribution in [2.45, 2.75) is 23.5 Å². The van der Waals surface area contributed by atoms with Gasteiger partial charge < -0.3 is 4.42 Å². The van der Waals surface area contributed by atoms with Gasteiger partial charge in [0.15, 0.2) is 9.84 Å². The van der Waals surface area contributed by atoms with Crippen LogP contribution in [0.3, 0.4) is 0 Å². The summed E-state index contributed by atoms with van der Waals surface area (Å²) >= 11 is 0. The number of sulfonamides is 1. The first-order valence-corrected chi connectivity index (χ1v) is 12.0. The van der Waals surface area contributed by atoms with Crippen LogP contribution in [0.1, 0.15) is 18.7 Å². The van der Waals surface area contributed by atoms with Crippen molar-refractivity contribution in [1.82, 2.24) is 14.5 Å². The molecule has 1 saturated heterocycles. The van der Waals surface area contributed by atoms with Gasteiger partial charge in [-0.25, -0.2) is 21.1 Å². The van der Waals surface area contributed by atoms with Crippen molar-refractivity contribution in [2.24, 2.45) is 5.92 Å². The average molecular weight is 428 g/mol. The molecule has 3 rings (SSSR count). The van der Waals surface area contributed by atoms with E-state index in [-0.39, 0.29) is 41.7 Å². The number of nitrogens with one attached hydrogen (secondary N) is 1. The molecule has 2 heterocycles.